The van der Waals surface area contributed by atoms with Crippen molar-refractivity contribution < 1.29 is 4.74 Å². The highest BCUT2D eigenvalue weighted by Gasteiger charge is 2.14. The molecular weight excluding hydrogens is 272 g/mol. The Morgan fingerprint density at radius 1 is 1.20 bits per heavy atom. The van der Waals surface area contributed by atoms with Crippen molar-refractivity contribution in [3.63, 3.8) is 0 Å². The number of aromatic nitrogens is 4. The minimum Gasteiger partial charge on any atom is -0.465 e. The lowest BCUT2D eigenvalue weighted by Gasteiger charge is -2.01. The van der Waals surface area contributed by atoms with Crippen LogP contribution >= 0.6 is 11.8 Å². The van der Waals surface area contributed by atoms with E-state index in [0.29, 0.717) is 12.6 Å². The van der Waals surface area contributed by atoms with Crippen molar-refractivity contribution in [2.75, 3.05) is 6.61 Å². The number of benzene rings is 1. The summed E-state index contributed by atoms with van der Waals surface area (Å²) in [6, 6.07) is 10.7. The van der Waals surface area contributed by atoms with Gasteiger partial charge in [0.1, 0.15) is 16.9 Å². The number of imidazole rings is 1. The first-order valence-electron chi connectivity index (χ1n) is 6.32. The topological polar surface area (TPSA) is 52.8 Å². The van der Waals surface area contributed by atoms with Gasteiger partial charge in [-0.2, -0.15) is 4.98 Å². The van der Waals surface area contributed by atoms with Crippen LogP contribution < -0.4 is 4.74 Å². The number of rotatable bonds is 4. The molecule has 0 N–H and O–H groups in total. The van der Waals surface area contributed by atoms with Crippen LogP contribution in [0.5, 0.6) is 6.01 Å². The van der Waals surface area contributed by atoms with Gasteiger partial charge in [0, 0.05) is 11.9 Å². The second-order valence-electron chi connectivity index (χ2n) is 4.15. The maximum Gasteiger partial charge on any atom is 0.298 e. The van der Waals surface area contributed by atoms with Crippen molar-refractivity contribution >= 4 is 22.9 Å². The van der Waals surface area contributed by atoms with E-state index in [0.717, 1.165) is 21.1 Å². The van der Waals surface area contributed by atoms with E-state index < -0.39 is 0 Å². The monoisotopic (exact) mass is 286 g/mol. The minimum absolute atomic E-state index is 0.568. The summed E-state index contributed by atoms with van der Waals surface area (Å²) < 4.78 is 7.34. The van der Waals surface area contributed by atoms with Crippen molar-refractivity contribution in [1.29, 1.82) is 0 Å². The Bertz CT molecular complexity index is 727. The highest BCUT2D eigenvalue weighted by molar-refractivity contribution is 7.99. The first-order chi connectivity index (χ1) is 9.79. The van der Waals surface area contributed by atoms with Crippen LogP contribution in [-0.2, 0) is 7.05 Å². The van der Waals surface area contributed by atoms with E-state index in [4.69, 9.17) is 4.74 Å². The fourth-order valence-electron chi connectivity index (χ4n) is 1.89. The summed E-state index contributed by atoms with van der Waals surface area (Å²) in [6.45, 7) is 2.51. The van der Waals surface area contributed by atoms with Gasteiger partial charge in [-0.05, 0) is 19.1 Å². The Morgan fingerprint density at radius 3 is 2.75 bits per heavy atom. The third kappa shape index (κ3) is 2.34. The first kappa shape index (κ1) is 12.9. The molecule has 0 aliphatic carbocycles. The lowest BCUT2D eigenvalue weighted by molar-refractivity contribution is 0.304. The average Bonchev–Trinajstić information content (AvgIpc) is 2.79. The molecule has 3 rings (SSSR count). The van der Waals surface area contributed by atoms with Crippen LogP contribution in [-0.4, -0.2) is 26.1 Å². The van der Waals surface area contributed by atoms with Gasteiger partial charge in [-0.1, -0.05) is 30.0 Å². The van der Waals surface area contributed by atoms with Gasteiger partial charge in [-0.3, -0.25) is 4.57 Å². The Morgan fingerprint density at radius 2 is 2.00 bits per heavy atom. The zero-order valence-electron chi connectivity index (χ0n) is 11.3. The molecule has 2 heterocycles. The molecule has 0 unspecified atom stereocenters. The second kappa shape index (κ2) is 5.50. The molecule has 0 radical (unpaired) electrons. The summed E-state index contributed by atoms with van der Waals surface area (Å²) >= 11 is 1.57. The number of hydrogen-bond donors (Lipinski definition) is 0. The summed E-state index contributed by atoms with van der Waals surface area (Å²) in [5.41, 5.74) is 1.55. The van der Waals surface area contributed by atoms with E-state index in [1.165, 1.54) is 0 Å². The normalized spacial score (nSPS) is 10.9. The predicted molar refractivity (Wildman–Crippen MR) is 78.0 cm³/mol. The summed E-state index contributed by atoms with van der Waals surface area (Å²) in [6.07, 6.45) is 1.56. The maximum absolute atomic E-state index is 5.50. The van der Waals surface area contributed by atoms with Crippen LogP contribution in [0.2, 0.25) is 0 Å². The van der Waals surface area contributed by atoms with Gasteiger partial charge in [0.25, 0.3) is 6.01 Å². The van der Waals surface area contributed by atoms with Gasteiger partial charge < -0.3 is 4.74 Å². The number of nitrogens with zero attached hydrogens (tertiary/aromatic N) is 4. The van der Waals surface area contributed by atoms with E-state index in [-0.39, 0.29) is 0 Å². The number of aryl methyl sites for hydroxylation is 1. The Labute approximate surface area is 121 Å². The second-order valence-corrected chi connectivity index (χ2v) is 5.21. The summed E-state index contributed by atoms with van der Waals surface area (Å²) in [5.74, 6) is 0. The first-order valence-corrected chi connectivity index (χ1v) is 7.14. The van der Waals surface area contributed by atoms with Crippen molar-refractivity contribution in [3.05, 3.63) is 36.7 Å². The smallest absolute Gasteiger partial charge is 0.298 e. The standard InChI is InChI=1S/C14H14N4OS/c1-3-19-14-17-11-12(18(14)2)15-9-16-13(11)20-10-7-5-4-6-8-10/h4-9H,3H2,1-2H3. The molecule has 0 atom stereocenters. The number of hydrogen-bond acceptors (Lipinski definition) is 5. The van der Waals surface area contributed by atoms with Gasteiger partial charge in [-0.25, -0.2) is 9.97 Å². The third-order valence-corrected chi connectivity index (χ3v) is 3.81. The van der Waals surface area contributed by atoms with E-state index in [2.05, 4.69) is 15.0 Å². The molecule has 0 bridgehead atoms. The quantitative estimate of drug-likeness (QED) is 0.690. The molecule has 3 aromatic rings. The summed E-state index contributed by atoms with van der Waals surface area (Å²) in [7, 11) is 1.89. The van der Waals surface area contributed by atoms with Gasteiger partial charge >= 0.3 is 0 Å². The Hall–Kier alpha value is -2.08. The van der Waals surface area contributed by atoms with Gasteiger partial charge in [0.2, 0.25) is 0 Å². The highest BCUT2D eigenvalue weighted by atomic mass is 32.2. The lowest BCUT2D eigenvalue weighted by atomic mass is 10.4. The fraction of sp³-hybridized carbons (Fsp3) is 0.214. The molecule has 102 valence electrons. The SMILES string of the molecule is CCOc1nc2c(Sc3ccccc3)ncnc2n1C. The highest BCUT2D eigenvalue weighted by Crippen LogP contribution is 2.31. The zero-order valence-corrected chi connectivity index (χ0v) is 12.1. The minimum atomic E-state index is 0.568. The zero-order chi connectivity index (χ0) is 13.9. The van der Waals surface area contributed by atoms with Crippen molar-refractivity contribution in [2.24, 2.45) is 7.05 Å². The molecule has 1 aromatic carbocycles. The van der Waals surface area contributed by atoms with Crippen LogP contribution in [0.4, 0.5) is 0 Å². The molecule has 0 saturated heterocycles. The van der Waals surface area contributed by atoms with Crippen molar-refractivity contribution in [2.45, 2.75) is 16.8 Å². The lowest BCUT2D eigenvalue weighted by Crippen LogP contribution is -1.99. The van der Waals surface area contributed by atoms with Crippen LogP contribution in [0.3, 0.4) is 0 Å². The van der Waals surface area contributed by atoms with Crippen LogP contribution in [0.1, 0.15) is 6.92 Å². The molecular formula is C14H14N4OS. The molecule has 0 aliphatic heterocycles. The molecule has 5 nitrogen and oxygen atoms in total. The number of ether oxygens (including phenoxy) is 1. The molecule has 0 saturated carbocycles. The molecule has 0 fully saturated rings. The largest absolute Gasteiger partial charge is 0.465 e. The molecule has 20 heavy (non-hydrogen) atoms. The molecule has 2 aromatic heterocycles. The average molecular weight is 286 g/mol. The predicted octanol–water partition coefficient (Wildman–Crippen LogP) is 2.91. The third-order valence-electron chi connectivity index (χ3n) is 2.81. The van der Waals surface area contributed by atoms with Gasteiger partial charge in [0.05, 0.1) is 6.61 Å². The summed E-state index contributed by atoms with van der Waals surface area (Å²) in [4.78, 5) is 14.2. The molecule has 0 amide bonds. The van der Waals surface area contributed by atoms with Crippen molar-refractivity contribution in [3.8, 4) is 6.01 Å². The van der Waals surface area contributed by atoms with Gasteiger partial charge in [-0.15, -0.1) is 0 Å². The van der Waals surface area contributed by atoms with E-state index in [1.807, 2.05) is 48.9 Å². The maximum atomic E-state index is 5.50. The van der Waals surface area contributed by atoms with Crippen molar-refractivity contribution in [1.82, 2.24) is 19.5 Å². The van der Waals surface area contributed by atoms with E-state index in [9.17, 15) is 0 Å². The van der Waals surface area contributed by atoms with Crippen LogP contribution in [0, 0.1) is 0 Å². The fourth-order valence-corrected chi connectivity index (χ4v) is 2.74. The molecule has 6 heteroatoms. The Balaban J connectivity index is 2.05. The Kier molecular flexibility index (Phi) is 3.56. The summed E-state index contributed by atoms with van der Waals surface area (Å²) in [5, 5.41) is 0.836. The van der Waals surface area contributed by atoms with Crippen LogP contribution in [0.15, 0.2) is 46.6 Å². The van der Waals surface area contributed by atoms with E-state index in [1.54, 1.807) is 18.1 Å². The van der Waals surface area contributed by atoms with Crippen LogP contribution in [0.25, 0.3) is 11.2 Å². The van der Waals surface area contributed by atoms with E-state index >= 15 is 0 Å². The molecule has 0 aliphatic rings. The van der Waals surface area contributed by atoms with Gasteiger partial charge in [0.15, 0.2) is 5.65 Å². The number of fused-ring (bicyclic) bond motifs is 1. The molecule has 0 spiro atoms.